The molecule has 1 heteroatoms. The smallest absolute Gasteiger partial charge is 0.0651 e. The van der Waals surface area contributed by atoms with Crippen LogP contribution in [-0.4, -0.2) is 13.2 Å². The molecule has 0 aliphatic heterocycles. The lowest BCUT2D eigenvalue weighted by Gasteiger charge is -2.26. The summed E-state index contributed by atoms with van der Waals surface area (Å²) >= 11 is 0. The second-order valence-electron chi connectivity index (χ2n) is 9.95. The van der Waals surface area contributed by atoms with E-state index in [2.05, 4.69) is 38.2 Å². The van der Waals surface area contributed by atoms with Gasteiger partial charge in [0.05, 0.1) is 13.2 Å². The monoisotopic (exact) mass is 402 g/mol. The third kappa shape index (κ3) is 11.4. The summed E-state index contributed by atoms with van der Waals surface area (Å²) in [5.74, 6) is 3.64. The quantitative estimate of drug-likeness (QED) is 0.208. The van der Waals surface area contributed by atoms with Gasteiger partial charge in [-0.15, -0.1) is 0 Å². The Hall–Kier alpha value is -0.560. The average molecular weight is 403 g/mol. The Morgan fingerprint density at radius 3 is 1.38 bits per heavy atom. The van der Waals surface area contributed by atoms with Gasteiger partial charge in [-0.2, -0.15) is 0 Å². The third-order valence-corrected chi connectivity index (χ3v) is 7.46. The van der Waals surface area contributed by atoms with Gasteiger partial charge in [0.25, 0.3) is 0 Å². The molecule has 0 N–H and O–H groups in total. The summed E-state index contributed by atoms with van der Waals surface area (Å²) in [4.78, 5) is 0. The molecule has 0 aromatic carbocycles. The van der Waals surface area contributed by atoms with Gasteiger partial charge in [0, 0.05) is 0 Å². The molecule has 29 heavy (non-hydrogen) atoms. The molecule has 0 aromatic heterocycles. The van der Waals surface area contributed by atoms with E-state index in [0.717, 1.165) is 36.9 Å². The van der Waals surface area contributed by atoms with E-state index in [1.807, 2.05) is 0 Å². The molecular formula is C28H50O. The van der Waals surface area contributed by atoms with E-state index in [1.165, 1.54) is 103 Å². The largest absolute Gasteiger partial charge is 0.373 e. The number of allylic oxidation sites excluding steroid dienone is 2. The van der Waals surface area contributed by atoms with E-state index in [4.69, 9.17) is 4.74 Å². The van der Waals surface area contributed by atoms with Crippen LogP contribution in [0, 0.1) is 23.7 Å². The lowest BCUT2D eigenvalue weighted by Crippen LogP contribution is -2.13. The maximum Gasteiger partial charge on any atom is 0.0651 e. The van der Waals surface area contributed by atoms with Crippen molar-refractivity contribution in [3.8, 4) is 0 Å². The Bertz CT molecular complexity index is 382. The van der Waals surface area contributed by atoms with Crippen molar-refractivity contribution in [1.29, 1.82) is 0 Å². The maximum atomic E-state index is 5.82. The molecular weight excluding hydrogens is 352 g/mol. The third-order valence-electron chi connectivity index (χ3n) is 7.46. The Morgan fingerprint density at radius 1 is 0.586 bits per heavy atom. The predicted molar refractivity (Wildman–Crippen MR) is 128 cm³/mol. The van der Waals surface area contributed by atoms with Gasteiger partial charge < -0.3 is 4.74 Å². The zero-order valence-electron chi connectivity index (χ0n) is 19.8. The molecule has 0 aromatic rings. The van der Waals surface area contributed by atoms with Gasteiger partial charge >= 0.3 is 0 Å². The fourth-order valence-corrected chi connectivity index (χ4v) is 5.40. The van der Waals surface area contributed by atoms with Crippen molar-refractivity contribution in [2.24, 2.45) is 23.7 Å². The number of ether oxygens (including phenoxy) is 1. The molecule has 2 aliphatic carbocycles. The summed E-state index contributed by atoms with van der Waals surface area (Å²) in [5.41, 5.74) is 0. The SMILES string of the molecule is CCCCC[C@H]1CC[C@H](/C=C/COC/C=C/[C@H]2CC[C@H](CCCCC)CC2)CC1. The van der Waals surface area contributed by atoms with Gasteiger partial charge in [-0.3, -0.25) is 0 Å². The molecule has 0 atom stereocenters. The van der Waals surface area contributed by atoms with Crippen LogP contribution < -0.4 is 0 Å². The topological polar surface area (TPSA) is 9.23 Å². The van der Waals surface area contributed by atoms with Crippen LogP contribution in [0.25, 0.3) is 0 Å². The van der Waals surface area contributed by atoms with Gasteiger partial charge in [-0.25, -0.2) is 0 Å². The molecule has 0 amide bonds. The first-order valence-corrected chi connectivity index (χ1v) is 13.2. The minimum Gasteiger partial charge on any atom is -0.373 e. The minimum absolute atomic E-state index is 0.783. The van der Waals surface area contributed by atoms with E-state index in [1.54, 1.807) is 0 Å². The highest BCUT2D eigenvalue weighted by molar-refractivity contribution is 4.93. The van der Waals surface area contributed by atoms with Gasteiger partial charge in [0.15, 0.2) is 0 Å². The van der Waals surface area contributed by atoms with Crippen LogP contribution in [0.4, 0.5) is 0 Å². The van der Waals surface area contributed by atoms with Crippen LogP contribution >= 0.6 is 0 Å². The van der Waals surface area contributed by atoms with E-state index in [9.17, 15) is 0 Å². The van der Waals surface area contributed by atoms with Crippen molar-refractivity contribution >= 4 is 0 Å². The number of unbranched alkanes of at least 4 members (excludes halogenated alkanes) is 4. The van der Waals surface area contributed by atoms with E-state index in [-0.39, 0.29) is 0 Å². The molecule has 168 valence electrons. The van der Waals surface area contributed by atoms with E-state index >= 15 is 0 Å². The lowest BCUT2D eigenvalue weighted by molar-refractivity contribution is 0.192. The van der Waals surface area contributed by atoms with Crippen molar-refractivity contribution in [2.75, 3.05) is 13.2 Å². The Labute approximate surface area is 182 Å². The molecule has 0 bridgehead atoms. The van der Waals surface area contributed by atoms with Crippen LogP contribution in [0.5, 0.6) is 0 Å². The number of hydrogen-bond donors (Lipinski definition) is 0. The van der Waals surface area contributed by atoms with Crippen LogP contribution in [0.15, 0.2) is 24.3 Å². The summed E-state index contributed by atoms with van der Waals surface area (Å²) in [6.07, 6.45) is 32.2. The van der Waals surface area contributed by atoms with Crippen LogP contribution in [-0.2, 0) is 4.74 Å². The summed E-state index contributed by atoms with van der Waals surface area (Å²) in [7, 11) is 0. The molecule has 0 heterocycles. The van der Waals surface area contributed by atoms with Crippen LogP contribution in [0.3, 0.4) is 0 Å². The molecule has 0 spiro atoms. The molecule has 0 unspecified atom stereocenters. The van der Waals surface area contributed by atoms with E-state index in [0.29, 0.717) is 0 Å². The normalized spacial score (nSPS) is 28.5. The molecule has 2 saturated carbocycles. The molecule has 1 nitrogen and oxygen atoms in total. The predicted octanol–water partition coefficient (Wildman–Crippen LogP) is 8.89. The van der Waals surface area contributed by atoms with Gasteiger partial charge in [-0.05, 0) is 75.0 Å². The Balaban J connectivity index is 1.45. The van der Waals surface area contributed by atoms with Crippen molar-refractivity contribution < 1.29 is 4.74 Å². The van der Waals surface area contributed by atoms with Crippen molar-refractivity contribution in [1.82, 2.24) is 0 Å². The summed E-state index contributed by atoms with van der Waals surface area (Å²) in [5, 5.41) is 0. The summed E-state index contributed by atoms with van der Waals surface area (Å²) in [6.45, 7) is 6.18. The zero-order valence-corrected chi connectivity index (χ0v) is 19.8. The summed E-state index contributed by atoms with van der Waals surface area (Å²) < 4.78 is 5.82. The number of hydrogen-bond acceptors (Lipinski definition) is 1. The maximum absolute atomic E-state index is 5.82. The van der Waals surface area contributed by atoms with Crippen molar-refractivity contribution in [3.05, 3.63) is 24.3 Å². The van der Waals surface area contributed by atoms with Crippen LogP contribution in [0.2, 0.25) is 0 Å². The van der Waals surface area contributed by atoms with Gasteiger partial charge in [-0.1, -0.05) is 89.5 Å². The molecule has 2 aliphatic rings. The standard InChI is InChI=1S/C28H50O/c1-3-5-7-11-25-15-19-27(20-16-25)13-9-23-29-24-10-14-28-21-17-26(18-22-28)12-8-6-4-2/h9-10,13-14,25-28H,3-8,11-12,15-24H2,1-2H3/b13-9+,14-10+/t25-,26-,27-,28-. The highest BCUT2D eigenvalue weighted by Crippen LogP contribution is 2.33. The average Bonchev–Trinajstić information content (AvgIpc) is 2.75. The second kappa shape index (κ2) is 16.2. The number of rotatable bonds is 14. The van der Waals surface area contributed by atoms with Crippen LogP contribution in [0.1, 0.15) is 117 Å². The zero-order chi connectivity index (χ0) is 20.6. The Morgan fingerprint density at radius 2 is 1.00 bits per heavy atom. The van der Waals surface area contributed by atoms with Gasteiger partial charge in [0.2, 0.25) is 0 Å². The fraction of sp³-hybridized carbons (Fsp3) is 0.857. The molecule has 2 rings (SSSR count). The van der Waals surface area contributed by atoms with E-state index < -0.39 is 0 Å². The minimum atomic E-state index is 0.783. The first kappa shape index (κ1) is 24.7. The molecule has 2 fully saturated rings. The highest BCUT2D eigenvalue weighted by Gasteiger charge is 2.19. The second-order valence-corrected chi connectivity index (χ2v) is 9.95. The van der Waals surface area contributed by atoms with Gasteiger partial charge in [0.1, 0.15) is 0 Å². The lowest BCUT2D eigenvalue weighted by atomic mass is 9.79. The van der Waals surface area contributed by atoms with Crippen molar-refractivity contribution in [2.45, 2.75) is 117 Å². The molecule has 0 radical (unpaired) electrons. The Kier molecular flexibility index (Phi) is 13.8. The first-order valence-electron chi connectivity index (χ1n) is 13.2. The van der Waals surface area contributed by atoms with Crippen molar-refractivity contribution in [3.63, 3.8) is 0 Å². The highest BCUT2D eigenvalue weighted by atomic mass is 16.5. The first-order chi connectivity index (χ1) is 14.3. The fourth-order valence-electron chi connectivity index (χ4n) is 5.40. The molecule has 0 saturated heterocycles. The summed E-state index contributed by atoms with van der Waals surface area (Å²) in [6, 6.07) is 0.